The van der Waals surface area contributed by atoms with E-state index in [0.29, 0.717) is 5.75 Å². The molecule has 2 amide bonds. The van der Waals surface area contributed by atoms with Gasteiger partial charge >= 0.3 is 0 Å². The lowest BCUT2D eigenvalue weighted by Crippen LogP contribution is -2.50. The third-order valence-corrected chi connectivity index (χ3v) is 8.77. The molecule has 3 aromatic rings. The number of likely N-dealkylation sites (N-methyl/N-ethyl adjacent to an activating group) is 1. The fourth-order valence-corrected chi connectivity index (χ4v) is 6.14. The number of sulfonamides is 1. The van der Waals surface area contributed by atoms with Gasteiger partial charge in [-0.25, -0.2) is 8.42 Å². The minimum Gasteiger partial charge on any atom is -0.495 e. The number of anilines is 1. The van der Waals surface area contributed by atoms with E-state index in [9.17, 15) is 18.0 Å². The second kappa shape index (κ2) is 13.9. The molecule has 1 atom stereocenters. The highest BCUT2D eigenvalue weighted by atomic mass is 79.9. The van der Waals surface area contributed by atoms with Crippen LogP contribution in [0.1, 0.15) is 12.5 Å². The number of nitrogens with zero attached hydrogens (tertiary/aromatic N) is 2. The number of carbonyl (C=O) groups excluding carboxylic acids is 2. The first-order valence-corrected chi connectivity index (χ1v) is 14.9. The van der Waals surface area contributed by atoms with Gasteiger partial charge in [0, 0.05) is 29.2 Å². The molecule has 0 fully saturated rings. The molecule has 10 nitrogen and oxygen atoms in total. The van der Waals surface area contributed by atoms with Gasteiger partial charge in [-0.3, -0.25) is 13.9 Å². The molecule has 13 heteroatoms. The minimum atomic E-state index is -4.42. The molecule has 220 valence electrons. The molecule has 0 radical (unpaired) electrons. The zero-order chi connectivity index (χ0) is 30.3. The van der Waals surface area contributed by atoms with Crippen molar-refractivity contribution in [1.29, 1.82) is 0 Å². The molecular weight excluding hydrogens is 638 g/mol. The normalized spacial score (nSPS) is 11.8. The van der Waals surface area contributed by atoms with E-state index in [-0.39, 0.29) is 33.6 Å². The first-order valence-electron chi connectivity index (χ1n) is 12.3. The number of hydrogen-bond acceptors (Lipinski definition) is 7. The fraction of sp³-hybridized carbons (Fsp3) is 0.286. The SMILES string of the molecule is CNC(=O)C(C)N(Cc1cccc(Br)c1)C(=O)CN(c1cc(Cl)ccc1OC)S(=O)(=O)c1ccc(OC)c(OC)c1. The van der Waals surface area contributed by atoms with Crippen molar-refractivity contribution >= 4 is 55.1 Å². The number of benzene rings is 3. The largest absolute Gasteiger partial charge is 0.495 e. The van der Waals surface area contributed by atoms with Gasteiger partial charge in [-0.15, -0.1) is 0 Å². The maximum atomic E-state index is 14.2. The zero-order valence-electron chi connectivity index (χ0n) is 23.2. The van der Waals surface area contributed by atoms with Crippen molar-refractivity contribution < 1.29 is 32.2 Å². The molecule has 41 heavy (non-hydrogen) atoms. The Hall–Kier alpha value is -3.48. The summed E-state index contributed by atoms with van der Waals surface area (Å²) in [4.78, 5) is 27.8. The van der Waals surface area contributed by atoms with Crippen LogP contribution < -0.4 is 23.8 Å². The average molecular weight is 669 g/mol. The molecule has 0 heterocycles. The van der Waals surface area contributed by atoms with Crippen LogP contribution in [0.15, 0.2) is 70.0 Å². The first kappa shape index (κ1) is 32.0. The number of halogens is 2. The van der Waals surface area contributed by atoms with Crippen LogP contribution in [0, 0.1) is 0 Å². The van der Waals surface area contributed by atoms with E-state index >= 15 is 0 Å². The van der Waals surface area contributed by atoms with Crippen LogP contribution in [0.5, 0.6) is 17.2 Å². The molecule has 0 aromatic heterocycles. The van der Waals surface area contributed by atoms with Crippen molar-refractivity contribution in [1.82, 2.24) is 10.2 Å². The molecule has 0 aliphatic rings. The molecule has 3 rings (SSSR count). The second-order valence-corrected chi connectivity index (χ2v) is 12.0. The van der Waals surface area contributed by atoms with Crippen molar-refractivity contribution in [2.75, 3.05) is 39.2 Å². The van der Waals surface area contributed by atoms with Crippen molar-refractivity contribution in [3.05, 3.63) is 75.7 Å². The van der Waals surface area contributed by atoms with Crippen LogP contribution in [0.25, 0.3) is 0 Å². The van der Waals surface area contributed by atoms with Crippen LogP contribution in [0.3, 0.4) is 0 Å². The summed E-state index contributed by atoms with van der Waals surface area (Å²) in [6, 6.07) is 14.9. The predicted octanol–water partition coefficient (Wildman–Crippen LogP) is 4.49. The van der Waals surface area contributed by atoms with Gasteiger partial charge in [-0.1, -0.05) is 39.7 Å². The number of methoxy groups -OCH3 is 3. The lowest BCUT2D eigenvalue weighted by Gasteiger charge is -2.32. The monoisotopic (exact) mass is 667 g/mol. The summed E-state index contributed by atoms with van der Waals surface area (Å²) in [5.74, 6) is -0.365. The van der Waals surface area contributed by atoms with E-state index in [0.717, 1.165) is 14.3 Å². The van der Waals surface area contributed by atoms with Gasteiger partial charge in [-0.2, -0.15) is 0 Å². The predicted molar refractivity (Wildman–Crippen MR) is 160 cm³/mol. The average Bonchev–Trinajstić information content (AvgIpc) is 2.97. The summed E-state index contributed by atoms with van der Waals surface area (Å²) < 4.78 is 46.1. The Morgan fingerprint density at radius 2 is 1.61 bits per heavy atom. The fourth-order valence-electron chi connectivity index (χ4n) is 4.10. The standard InChI is InChI=1S/C28H31BrClN3O7S/c1-18(28(35)31-2)32(16-19-7-6-8-20(29)13-19)27(34)17-33(23-14-21(30)9-11-24(23)38-3)41(36,37)22-10-12-25(39-4)26(15-22)40-5/h6-15,18H,16-17H2,1-5H3,(H,31,35). The number of nitrogens with one attached hydrogen (secondary N) is 1. The molecule has 3 aromatic carbocycles. The van der Waals surface area contributed by atoms with Crippen molar-refractivity contribution in [2.24, 2.45) is 0 Å². The molecular formula is C28H31BrClN3O7S. The van der Waals surface area contributed by atoms with Crippen LogP contribution >= 0.6 is 27.5 Å². The Morgan fingerprint density at radius 1 is 0.951 bits per heavy atom. The molecule has 1 N–H and O–H groups in total. The topological polar surface area (TPSA) is 114 Å². The van der Waals surface area contributed by atoms with Crippen molar-refractivity contribution in [2.45, 2.75) is 24.4 Å². The third kappa shape index (κ3) is 7.43. The lowest BCUT2D eigenvalue weighted by atomic mass is 10.1. The highest BCUT2D eigenvalue weighted by Crippen LogP contribution is 2.37. The number of hydrogen-bond donors (Lipinski definition) is 1. The minimum absolute atomic E-state index is 0.0399. The molecule has 0 aliphatic carbocycles. The second-order valence-electron chi connectivity index (χ2n) is 8.79. The Bertz CT molecular complexity index is 1520. The zero-order valence-corrected chi connectivity index (χ0v) is 26.3. The quantitative estimate of drug-likeness (QED) is 0.303. The van der Waals surface area contributed by atoms with Gasteiger partial charge < -0.3 is 24.4 Å². The van der Waals surface area contributed by atoms with Crippen molar-refractivity contribution in [3.8, 4) is 17.2 Å². The van der Waals surface area contributed by atoms with Gasteiger partial charge in [0.05, 0.1) is 31.9 Å². The van der Waals surface area contributed by atoms with Crippen LogP contribution in [-0.2, 0) is 26.2 Å². The van der Waals surface area contributed by atoms with E-state index in [4.69, 9.17) is 25.8 Å². The number of amides is 2. The Labute approximate surface area is 253 Å². The Balaban J connectivity index is 2.15. The van der Waals surface area contributed by atoms with E-state index in [1.165, 1.54) is 63.6 Å². The summed E-state index contributed by atoms with van der Waals surface area (Å²) in [5.41, 5.74) is 0.774. The highest BCUT2D eigenvalue weighted by Gasteiger charge is 2.34. The molecule has 0 saturated carbocycles. The summed E-state index contributed by atoms with van der Waals surface area (Å²) in [6.07, 6.45) is 0. The number of ether oxygens (including phenoxy) is 3. The third-order valence-electron chi connectivity index (χ3n) is 6.29. The van der Waals surface area contributed by atoms with Gasteiger partial charge in [-0.05, 0) is 55.0 Å². The molecule has 0 bridgehead atoms. The van der Waals surface area contributed by atoms with E-state index in [1.807, 2.05) is 12.1 Å². The Kier molecular flexibility index (Phi) is 10.9. The molecule has 0 saturated heterocycles. The van der Waals surface area contributed by atoms with Gasteiger partial charge in [0.1, 0.15) is 18.3 Å². The highest BCUT2D eigenvalue weighted by molar-refractivity contribution is 9.10. The van der Waals surface area contributed by atoms with Gasteiger partial charge in [0.2, 0.25) is 11.8 Å². The molecule has 1 unspecified atom stereocenters. The molecule has 0 aliphatic heterocycles. The number of rotatable bonds is 12. The van der Waals surface area contributed by atoms with Gasteiger partial charge in [0.25, 0.3) is 10.0 Å². The lowest BCUT2D eigenvalue weighted by molar-refractivity contribution is -0.139. The van der Waals surface area contributed by atoms with Crippen LogP contribution in [0.4, 0.5) is 5.69 Å². The summed E-state index contributed by atoms with van der Waals surface area (Å²) in [7, 11) is 1.24. The maximum Gasteiger partial charge on any atom is 0.265 e. The smallest absolute Gasteiger partial charge is 0.265 e. The van der Waals surface area contributed by atoms with Crippen LogP contribution in [-0.4, -0.2) is 66.1 Å². The van der Waals surface area contributed by atoms with Crippen LogP contribution in [0.2, 0.25) is 5.02 Å². The summed E-state index contributed by atoms with van der Waals surface area (Å²) in [5, 5.41) is 2.78. The number of carbonyl (C=O) groups is 2. The van der Waals surface area contributed by atoms with E-state index in [1.54, 1.807) is 25.1 Å². The maximum absolute atomic E-state index is 14.2. The summed E-state index contributed by atoms with van der Waals surface area (Å²) >= 11 is 9.69. The van der Waals surface area contributed by atoms with E-state index < -0.39 is 34.4 Å². The van der Waals surface area contributed by atoms with E-state index in [2.05, 4.69) is 21.2 Å². The molecule has 0 spiro atoms. The van der Waals surface area contributed by atoms with Crippen molar-refractivity contribution in [3.63, 3.8) is 0 Å². The Morgan fingerprint density at radius 3 is 2.22 bits per heavy atom. The first-order chi connectivity index (χ1) is 19.5. The van der Waals surface area contributed by atoms with Gasteiger partial charge in [0.15, 0.2) is 11.5 Å². The summed E-state index contributed by atoms with van der Waals surface area (Å²) in [6.45, 7) is 0.953.